The van der Waals surface area contributed by atoms with Crippen molar-refractivity contribution in [2.45, 2.75) is 26.4 Å². The zero-order valence-electron chi connectivity index (χ0n) is 14.2. The normalized spacial score (nSPS) is 16.2. The van der Waals surface area contributed by atoms with Crippen molar-refractivity contribution in [3.8, 4) is 11.5 Å². The number of carbonyl (C=O) groups excluding carboxylic acids is 1. The Hall–Kier alpha value is -2.49. The highest BCUT2D eigenvalue weighted by Crippen LogP contribution is 2.34. The molecule has 0 N–H and O–H groups in total. The number of hydrogen-bond donors (Lipinski definition) is 0. The largest absolute Gasteiger partial charge is 0.494 e. The molecule has 0 fully saturated rings. The summed E-state index contributed by atoms with van der Waals surface area (Å²) in [5, 5.41) is 0. The van der Waals surface area contributed by atoms with Crippen molar-refractivity contribution in [2.24, 2.45) is 0 Å². The molecule has 24 heavy (non-hydrogen) atoms. The summed E-state index contributed by atoms with van der Waals surface area (Å²) in [6.45, 7) is 6.01. The van der Waals surface area contributed by atoms with Crippen LogP contribution < -0.4 is 14.4 Å². The van der Waals surface area contributed by atoms with Crippen molar-refractivity contribution in [3.63, 3.8) is 0 Å². The Morgan fingerprint density at radius 2 is 2.04 bits per heavy atom. The van der Waals surface area contributed by atoms with Gasteiger partial charge in [-0.1, -0.05) is 18.2 Å². The van der Waals surface area contributed by atoms with E-state index in [2.05, 4.69) is 11.8 Å². The minimum Gasteiger partial charge on any atom is -0.494 e. The lowest BCUT2D eigenvalue weighted by Gasteiger charge is -2.35. The van der Waals surface area contributed by atoms with Crippen LogP contribution in [-0.2, 0) is 0 Å². The van der Waals surface area contributed by atoms with Gasteiger partial charge in [-0.05, 0) is 50.6 Å². The second-order valence-corrected chi connectivity index (χ2v) is 6.13. The summed E-state index contributed by atoms with van der Waals surface area (Å²) in [5.41, 5.74) is 1.72. The van der Waals surface area contributed by atoms with Gasteiger partial charge in [0.2, 0.25) is 0 Å². The van der Waals surface area contributed by atoms with Crippen LogP contribution in [0.1, 0.15) is 30.6 Å². The number of Topliss-reactive ketones (excluding diaryl/α,β-unsaturated/α-hetero) is 1. The van der Waals surface area contributed by atoms with Crippen molar-refractivity contribution in [2.75, 3.05) is 24.6 Å². The highest BCUT2D eigenvalue weighted by Gasteiger charge is 2.23. The fourth-order valence-corrected chi connectivity index (χ4v) is 2.92. The van der Waals surface area contributed by atoms with Crippen molar-refractivity contribution in [1.29, 1.82) is 0 Å². The SMILES string of the molecule is CC(=O)c1ccc2c(c1)N(CCCOc1ccccc1)CC(C)O2. The van der Waals surface area contributed by atoms with E-state index in [1.54, 1.807) is 6.92 Å². The van der Waals surface area contributed by atoms with Gasteiger partial charge in [-0.3, -0.25) is 4.79 Å². The molecule has 0 amide bonds. The standard InChI is InChI=1S/C20H23NO3/c1-15-14-21(11-6-12-23-18-7-4-3-5-8-18)19-13-17(16(2)22)9-10-20(19)24-15/h3-5,7-10,13,15H,6,11-12,14H2,1-2H3. The van der Waals surface area contributed by atoms with Crippen molar-refractivity contribution in [1.82, 2.24) is 0 Å². The molecule has 1 aliphatic rings. The third-order valence-electron chi connectivity index (χ3n) is 4.10. The summed E-state index contributed by atoms with van der Waals surface area (Å²) in [5.74, 6) is 1.82. The van der Waals surface area contributed by atoms with Gasteiger partial charge in [-0.25, -0.2) is 0 Å². The van der Waals surface area contributed by atoms with Gasteiger partial charge < -0.3 is 14.4 Å². The number of hydrogen-bond acceptors (Lipinski definition) is 4. The number of ketones is 1. The molecule has 0 radical (unpaired) electrons. The van der Waals surface area contributed by atoms with Crippen LogP contribution in [0.4, 0.5) is 5.69 Å². The summed E-state index contributed by atoms with van der Waals surface area (Å²) in [7, 11) is 0. The van der Waals surface area contributed by atoms with Crippen LogP contribution in [0.25, 0.3) is 0 Å². The molecule has 126 valence electrons. The molecule has 1 unspecified atom stereocenters. The van der Waals surface area contributed by atoms with E-state index < -0.39 is 0 Å². The fraction of sp³-hybridized carbons (Fsp3) is 0.350. The number of anilines is 1. The summed E-state index contributed by atoms with van der Waals surface area (Å²) in [6, 6.07) is 15.5. The Morgan fingerprint density at radius 3 is 2.79 bits per heavy atom. The zero-order chi connectivity index (χ0) is 16.9. The summed E-state index contributed by atoms with van der Waals surface area (Å²) >= 11 is 0. The van der Waals surface area contributed by atoms with Crippen LogP contribution >= 0.6 is 0 Å². The summed E-state index contributed by atoms with van der Waals surface area (Å²) in [6.07, 6.45) is 1.04. The van der Waals surface area contributed by atoms with Gasteiger partial charge in [0.15, 0.2) is 5.78 Å². The molecule has 0 saturated heterocycles. The molecule has 0 aromatic heterocycles. The maximum absolute atomic E-state index is 11.6. The maximum Gasteiger partial charge on any atom is 0.159 e. The lowest BCUT2D eigenvalue weighted by atomic mass is 10.1. The van der Waals surface area contributed by atoms with Gasteiger partial charge in [0.1, 0.15) is 17.6 Å². The first-order valence-corrected chi connectivity index (χ1v) is 8.38. The topological polar surface area (TPSA) is 38.8 Å². The van der Waals surface area contributed by atoms with E-state index in [9.17, 15) is 4.79 Å². The number of carbonyl (C=O) groups is 1. The third-order valence-corrected chi connectivity index (χ3v) is 4.10. The lowest BCUT2D eigenvalue weighted by Crippen LogP contribution is -2.39. The summed E-state index contributed by atoms with van der Waals surface area (Å²) in [4.78, 5) is 13.9. The van der Waals surface area contributed by atoms with Gasteiger partial charge in [-0.2, -0.15) is 0 Å². The molecule has 1 atom stereocenters. The molecule has 1 aliphatic heterocycles. The van der Waals surface area contributed by atoms with Crippen molar-refractivity contribution >= 4 is 11.5 Å². The molecule has 0 spiro atoms. The van der Waals surface area contributed by atoms with Crippen molar-refractivity contribution < 1.29 is 14.3 Å². The first-order valence-electron chi connectivity index (χ1n) is 8.38. The van der Waals surface area contributed by atoms with E-state index >= 15 is 0 Å². The van der Waals surface area contributed by atoms with E-state index in [0.717, 1.165) is 42.3 Å². The number of ether oxygens (including phenoxy) is 2. The van der Waals surface area contributed by atoms with E-state index in [1.807, 2.05) is 48.5 Å². The monoisotopic (exact) mass is 325 g/mol. The minimum atomic E-state index is 0.0729. The van der Waals surface area contributed by atoms with Gasteiger partial charge in [0.05, 0.1) is 18.8 Å². The third kappa shape index (κ3) is 3.88. The van der Waals surface area contributed by atoms with E-state index in [-0.39, 0.29) is 11.9 Å². The average Bonchev–Trinajstić information content (AvgIpc) is 2.59. The van der Waals surface area contributed by atoms with Crippen LogP contribution in [-0.4, -0.2) is 31.6 Å². The molecule has 0 saturated carbocycles. The van der Waals surface area contributed by atoms with Crippen LogP contribution in [0.5, 0.6) is 11.5 Å². The fourth-order valence-electron chi connectivity index (χ4n) is 2.92. The predicted octanol–water partition coefficient (Wildman–Crippen LogP) is 3.95. The number of benzene rings is 2. The highest BCUT2D eigenvalue weighted by atomic mass is 16.5. The maximum atomic E-state index is 11.6. The van der Waals surface area contributed by atoms with Crippen LogP contribution in [0.3, 0.4) is 0 Å². The number of para-hydroxylation sites is 1. The molecule has 4 nitrogen and oxygen atoms in total. The van der Waals surface area contributed by atoms with Crippen LogP contribution in [0.15, 0.2) is 48.5 Å². The molecule has 2 aromatic rings. The van der Waals surface area contributed by atoms with Gasteiger partial charge in [0, 0.05) is 12.1 Å². The first kappa shape index (κ1) is 16.4. The average molecular weight is 325 g/mol. The number of fused-ring (bicyclic) bond motifs is 1. The van der Waals surface area contributed by atoms with E-state index in [4.69, 9.17) is 9.47 Å². The quantitative estimate of drug-likeness (QED) is 0.595. The lowest BCUT2D eigenvalue weighted by molar-refractivity contribution is 0.101. The first-order chi connectivity index (χ1) is 11.6. The highest BCUT2D eigenvalue weighted by molar-refractivity contribution is 5.95. The molecule has 4 heteroatoms. The van der Waals surface area contributed by atoms with Gasteiger partial charge in [-0.15, -0.1) is 0 Å². The Morgan fingerprint density at radius 1 is 1.25 bits per heavy atom. The predicted molar refractivity (Wildman–Crippen MR) is 95.3 cm³/mol. The second-order valence-electron chi connectivity index (χ2n) is 6.13. The van der Waals surface area contributed by atoms with Gasteiger partial charge in [0.25, 0.3) is 0 Å². The van der Waals surface area contributed by atoms with E-state index in [1.165, 1.54) is 0 Å². The molecular weight excluding hydrogens is 302 g/mol. The Balaban J connectivity index is 1.63. The number of rotatable bonds is 6. The smallest absolute Gasteiger partial charge is 0.159 e. The molecule has 2 aromatic carbocycles. The minimum absolute atomic E-state index is 0.0729. The summed E-state index contributed by atoms with van der Waals surface area (Å²) < 4.78 is 11.6. The Kier molecular flexibility index (Phi) is 5.04. The van der Waals surface area contributed by atoms with Gasteiger partial charge >= 0.3 is 0 Å². The zero-order valence-corrected chi connectivity index (χ0v) is 14.2. The molecule has 1 heterocycles. The van der Waals surface area contributed by atoms with Crippen LogP contribution in [0.2, 0.25) is 0 Å². The second kappa shape index (κ2) is 7.39. The Bertz CT molecular complexity index is 699. The molecule has 3 rings (SSSR count). The van der Waals surface area contributed by atoms with Crippen molar-refractivity contribution in [3.05, 3.63) is 54.1 Å². The molecule has 0 bridgehead atoms. The van der Waals surface area contributed by atoms with E-state index in [0.29, 0.717) is 6.61 Å². The number of nitrogens with zero attached hydrogens (tertiary/aromatic N) is 1. The molecular formula is C20H23NO3. The van der Waals surface area contributed by atoms with Crippen LogP contribution in [0, 0.1) is 0 Å². The Labute approximate surface area is 143 Å². The molecule has 0 aliphatic carbocycles.